The molecule has 0 saturated carbocycles. The van der Waals surface area contributed by atoms with Crippen molar-refractivity contribution in [1.29, 1.82) is 0 Å². The maximum Gasteiger partial charge on any atom is 0.248 e. The van der Waals surface area contributed by atoms with E-state index in [0.29, 0.717) is 5.56 Å². The fourth-order valence-corrected chi connectivity index (χ4v) is 2.13. The maximum atomic E-state index is 11.2. The van der Waals surface area contributed by atoms with Crippen molar-refractivity contribution in [2.75, 3.05) is 5.32 Å². The van der Waals surface area contributed by atoms with Gasteiger partial charge in [0.2, 0.25) is 5.91 Å². The van der Waals surface area contributed by atoms with E-state index in [1.165, 1.54) is 5.57 Å². The van der Waals surface area contributed by atoms with Gasteiger partial charge in [0.05, 0.1) is 11.4 Å². The molecular weight excluding hydrogens is 226 g/mol. The number of nitrogens with one attached hydrogen (secondary N) is 1. The van der Waals surface area contributed by atoms with Gasteiger partial charge in [-0.25, -0.2) is 0 Å². The average molecular weight is 239 g/mol. The number of benzene rings is 1. The summed E-state index contributed by atoms with van der Waals surface area (Å²) in [5.41, 5.74) is 9.65. The van der Waals surface area contributed by atoms with Crippen molar-refractivity contribution < 1.29 is 4.79 Å². The van der Waals surface area contributed by atoms with Gasteiger partial charge in [-0.2, -0.15) is 0 Å². The third-order valence-corrected chi connectivity index (χ3v) is 3.12. The summed E-state index contributed by atoms with van der Waals surface area (Å²) in [6.45, 7) is 0. The minimum Gasteiger partial charge on any atom is -0.366 e. The van der Waals surface area contributed by atoms with Gasteiger partial charge in [0.1, 0.15) is 0 Å². The van der Waals surface area contributed by atoms with Crippen LogP contribution >= 0.6 is 0 Å². The Morgan fingerprint density at radius 1 is 1.39 bits per heavy atom. The van der Waals surface area contributed by atoms with Gasteiger partial charge in [-0.3, -0.25) is 9.79 Å². The van der Waals surface area contributed by atoms with Gasteiger partial charge < -0.3 is 11.1 Å². The molecule has 0 spiro atoms. The highest BCUT2D eigenvalue weighted by atomic mass is 16.1. The number of carbonyl (C=O) groups excluding carboxylic acids is 1. The predicted octanol–water partition coefficient (Wildman–Crippen LogP) is 2.52. The molecular formula is C14H13N3O. The van der Waals surface area contributed by atoms with Crippen LogP contribution in [0.5, 0.6) is 0 Å². The van der Waals surface area contributed by atoms with E-state index in [1.807, 2.05) is 6.21 Å². The zero-order valence-corrected chi connectivity index (χ0v) is 9.81. The summed E-state index contributed by atoms with van der Waals surface area (Å²) in [6.07, 6.45) is 8.09. The first-order valence-electron chi connectivity index (χ1n) is 5.89. The van der Waals surface area contributed by atoms with E-state index >= 15 is 0 Å². The number of aliphatic imine (C=N–C) groups is 1. The van der Waals surface area contributed by atoms with Crippen molar-refractivity contribution >= 4 is 23.5 Å². The van der Waals surface area contributed by atoms with Crippen molar-refractivity contribution in [2.45, 2.75) is 12.8 Å². The number of anilines is 1. The third kappa shape index (κ3) is 1.82. The molecule has 3 N–H and O–H groups in total. The highest BCUT2D eigenvalue weighted by Gasteiger charge is 2.14. The Morgan fingerprint density at radius 3 is 3.11 bits per heavy atom. The number of rotatable bonds is 1. The van der Waals surface area contributed by atoms with Gasteiger partial charge in [-0.1, -0.05) is 6.08 Å². The molecule has 90 valence electrons. The van der Waals surface area contributed by atoms with Crippen LogP contribution in [0, 0.1) is 0 Å². The number of hydrogen-bond donors (Lipinski definition) is 2. The molecule has 0 unspecified atom stereocenters. The van der Waals surface area contributed by atoms with Crippen molar-refractivity contribution in [2.24, 2.45) is 10.7 Å². The highest BCUT2D eigenvalue weighted by Crippen LogP contribution is 2.32. The number of amides is 1. The predicted molar refractivity (Wildman–Crippen MR) is 72.1 cm³/mol. The molecule has 2 aliphatic rings. The number of carbonyl (C=O) groups is 1. The van der Waals surface area contributed by atoms with Crippen LogP contribution in [0.1, 0.15) is 23.2 Å². The van der Waals surface area contributed by atoms with Crippen molar-refractivity contribution in [3.05, 3.63) is 47.2 Å². The number of primary amides is 1. The van der Waals surface area contributed by atoms with E-state index in [4.69, 9.17) is 5.73 Å². The Bertz CT molecular complexity index is 611. The number of nitrogens with zero attached hydrogens (tertiary/aromatic N) is 1. The molecule has 1 aromatic carbocycles. The fourth-order valence-electron chi connectivity index (χ4n) is 2.13. The van der Waals surface area contributed by atoms with Gasteiger partial charge in [-0.15, -0.1) is 0 Å². The lowest BCUT2D eigenvalue weighted by Crippen LogP contribution is -2.11. The van der Waals surface area contributed by atoms with Gasteiger partial charge in [0, 0.05) is 17.5 Å². The summed E-state index contributed by atoms with van der Waals surface area (Å²) in [7, 11) is 0. The Morgan fingerprint density at radius 2 is 2.28 bits per heavy atom. The molecule has 0 aromatic heterocycles. The van der Waals surface area contributed by atoms with E-state index in [1.54, 1.807) is 18.2 Å². The summed E-state index contributed by atoms with van der Waals surface area (Å²) in [6, 6.07) is 5.24. The number of nitrogens with two attached hydrogens (primary N) is 1. The molecule has 4 nitrogen and oxygen atoms in total. The monoisotopic (exact) mass is 239 g/mol. The van der Waals surface area contributed by atoms with E-state index in [9.17, 15) is 4.79 Å². The number of hydrogen-bond acceptors (Lipinski definition) is 3. The topological polar surface area (TPSA) is 67.5 Å². The Labute approximate surface area is 105 Å². The van der Waals surface area contributed by atoms with Crippen LogP contribution in [0.25, 0.3) is 0 Å². The number of fused-ring (bicyclic) bond motifs is 1. The summed E-state index contributed by atoms with van der Waals surface area (Å²) >= 11 is 0. The molecule has 0 saturated heterocycles. The first-order chi connectivity index (χ1) is 8.74. The summed E-state index contributed by atoms with van der Waals surface area (Å²) in [5.74, 6) is -0.429. The summed E-state index contributed by atoms with van der Waals surface area (Å²) < 4.78 is 0. The van der Waals surface area contributed by atoms with Crippen LogP contribution in [-0.4, -0.2) is 12.1 Å². The molecule has 0 atom stereocenters. The molecule has 1 amide bonds. The molecule has 0 radical (unpaired) electrons. The lowest BCUT2D eigenvalue weighted by Gasteiger charge is -2.13. The zero-order valence-electron chi connectivity index (χ0n) is 9.81. The van der Waals surface area contributed by atoms with Crippen LogP contribution in [0.2, 0.25) is 0 Å². The Hall–Kier alpha value is -2.36. The largest absolute Gasteiger partial charge is 0.366 e. The molecule has 3 rings (SSSR count). The average Bonchev–Trinajstić information content (AvgIpc) is 2.56. The van der Waals surface area contributed by atoms with E-state index in [2.05, 4.69) is 22.5 Å². The third-order valence-electron chi connectivity index (χ3n) is 3.12. The molecule has 4 heteroatoms. The maximum absolute atomic E-state index is 11.2. The van der Waals surface area contributed by atoms with Crippen LogP contribution in [0.3, 0.4) is 0 Å². The van der Waals surface area contributed by atoms with Crippen LogP contribution in [0.15, 0.2) is 46.6 Å². The van der Waals surface area contributed by atoms with Crippen LogP contribution < -0.4 is 11.1 Å². The number of allylic oxidation sites excluding steroid dienone is 3. The van der Waals surface area contributed by atoms with E-state index in [-0.39, 0.29) is 0 Å². The molecule has 1 heterocycles. The lowest BCUT2D eigenvalue weighted by atomic mass is 10.0. The Kier molecular flexibility index (Phi) is 2.48. The first-order valence-corrected chi connectivity index (χ1v) is 5.89. The molecule has 1 aliphatic heterocycles. The summed E-state index contributed by atoms with van der Waals surface area (Å²) in [5, 5.41) is 3.32. The minimum atomic E-state index is -0.429. The van der Waals surface area contributed by atoms with E-state index in [0.717, 1.165) is 29.9 Å². The standard InChI is InChI=1S/C14H13N3O/c15-14(18)9-5-6-12-13(7-9)17-11-4-2-1-3-10(11)8-16-12/h2,4-8,17H,1,3H2,(H2,15,18). The highest BCUT2D eigenvalue weighted by molar-refractivity contribution is 5.96. The van der Waals surface area contributed by atoms with Crippen molar-refractivity contribution in [3.63, 3.8) is 0 Å². The lowest BCUT2D eigenvalue weighted by molar-refractivity contribution is 0.100. The summed E-state index contributed by atoms with van der Waals surface area (Å²) in [4.78, 5) is 15.6. The molecule has 0 bridgehead atoms. The van der Waals surface area contributed by atoms with Gasteiger partial charge in [0.15, 0.2) is 0 Å². The van der Waals surface area contributed by atoms with Crippen LogP contribution in [-0.2, 0) is 0 Å². The van der Waals surface area contributed by atoms with Crippen molar-refractivity contribution in [1.82, 2.24) is 0 Å². The minimum absolute atomic E-state index is 0.429. The second-order valence-corrected chi connectivity index (χ2v) is 4.36. The smallest absolute Gasteiger partial charge is 0.248 e. The fraction of sp³-hybridized carbons (Fsp3) is 0.143. The zero-order chi connectivity index (χ0) is 12.5. The molecule has 0 fully saturated rings. The second kappa shape index (κ2) is 4.14. The first kappa shape index (κ1) is 10.8. The second-order valence-electron chi connectivity index (χ2n) is 4.36. The molecule has 1 aromatic rings. The quantitative estimate of drug-likeness (QED) is 0.790. The molecule has 1 aliphatic carbocycles. The normalized spacial score (nSPS) is 16.7. The van der Waals surface area contributed by atoms with Crippen LogP contribution in [0.4, 0.5) is 11.4 Å². The van der Waals surface area contributed by atoms with Gasteiger partial charge in [0.25, 0.3) is 0 Å². The van der Waals surface area contributed by atoms with Crippen molar-refractivity contribution in [3.8, 4) is 0 Å². The molecule has 18 heavy (non-hydrogen) atoms. The van der Waals surface area contributed by atoms with Gasteiger partial charge in [-0.05, 0) is 42.7 Å². The van der Waals surface area contributed by atoms with Gasteiger partial charge >= 0.3 is 0 Å². The SMILES string of the molecule is NC(=O)c1ccc2c(c1)NC1=C(C=N2)CCC=C1. The van der Waals surface area contributed by atoms with E-state index < -0.39 is 5.91 Å². The Balaban J connectivity index is 2.06.